The topological polar surface area (TPSA) is 15.3 Å². The highest BCUT2D eigenvalue weighted by atomic mass is 32.1. The van der Waals surface area contributed by atoms with Crippen molar-refractivity contribution in [2.24, 2.45) is 0 Å². The van der Waals surface area contributed by atoms with Gasteiger partial charge in [-0.25, -0.2) is 0 Å². The van der Waals surface area contributed by atoms with Crippen LogP contribution in [0.4, 0.5) is 5.69 Å². The largest absolute Gasteiger partial charge is 0.384 e. The first-order valence-corrected chi connectivity index (χ1v) is 9.19. The molecule has 1 aromatic carbocycles. The van der Waals surface area contributed by atoms with Gasteiger partial charge < -0.3 is 10.2 Å². The SMILES string of the molecule is CC.CC.CCCN(CC)CCCNc1c(C)c(=S)c1=S. The van der Waals surface area contributed by atoms with Crippen molar-refractivity contribution >= 4 is 30.1 Å². The lowest BCUT2D eigenvalue weighted by molar-refractivity contribution is 0.288. The summed E-state index contributed by atoms with van der Waals surface area (Å²) in [5, 5.41) is 3.39. The number of rotatable bonds is 8. The lowest BCUT2D eigenvalue weighted by Gasteiger charge is -2.20. The van der Waals surface area contributed by atoms with Gasteiger partial charge in [-0.3, -0.25) is 0 Å². The van der Waals surface area contributed by atoms with Gasteiger partial charge >= 0.3 is 0 Å². The smallest absolute Gasteiger partial charge is 0.0795 e. The van der Waals surface area contributed by atoms with Crippen LogP contribution in [0.25, 0.3) is 0 Å². The molecule has 2 nitrogen and oxygen atoms in total. The molecule has 0 fully saturated rings. The van der Waals surface area contributed by atoms with Gasteiger partial charge in [0.2, 0.25) is 0 Å². The van der Waals surface area contributed by atoms with E-state index in [1.807, 2.05) is 34.6 Å². The van der Waals surface area contributed by atoms with E-state index in [0.717, 1.165) is 46.3 Å². The van der Waals surface area contributed by atoms with Crippen molar-refractivity contribution in [3.63, 3.8) is 0 Å². The molecule has 0 unspecified atom stereocenters. The minimum Gasteiger partial charge on any atom is -0.384 e. The van der Waals surface area contributed by atoms with E-state index in [1.54, 1.807) is 0 Å². The highest BCUT2D eigenvalue weighted by Gasteiger charge is 2.09. The molecule has 0 amide bonds. The summed E-state index contributed by atoms with van der Waals surface area (Å²) < 4.78 is 1.71. The third kappa shape index (κ3) is 8.03. The van der Waals surface area contributed by atoms with Crippen LogP contribution in [0.15, 0.2) is 0 Å². The summed E-state index contributed by atoms with van der Waals surface area (Å²) in [6.07, 6.45) is 2.38. The summed E-state index contributed by atoms with van der Waals surface area (Å²) in [7, 11) is 0. The molecule has 0 heterocycles. The normalized spacial score (nSPS) is 9.71. The zero-order valence-electron chi connectivity index (χ0n) is 15.0. The summed E-state index contributed by atoms with van der Waals surface area (Å²) in [5.41, 5.74) is 2.26. The molecule has 1 aromatic rings. The summed E-state index contributed by atoms with van der Waals surface area (Å²) in [5.74, 6) is 0. The second-order valence-corrected chi connectivity index (χ2v) is 5.19. The first kappa shape index (κ1) is 23.0. The molecule has 21 heavy (non-hydrogen) atoms. The molecule has 0 spiro atoms. The molecule has 0 aromatic heterocycles. The fraction of sp³-hybridized carbons (Fsp3) is 0.765. The zero-order chi connectivity index (χ0) is 16.8. The van der Waals surface area contributed by atoms with E-state index in [4.69, 9.17) is 24.4 Å². The van der Waals surface area contributed by atoms with Crippen molar-refractivity contribution in [1.82, 2.24) is 4.90 Å². The molecule has 0 radical (unpaired) electrons. The van der Waals surface area contributed by atoms with E-state index < -0.39 is 0 Å². The van der Waals surface area contributed by atoms with Gasteiger partial charge in [0.1, 0.15) is 0 Å². The third-order valence-corrected chi connectivity index (χ3v) is 4.14. The molecule has 4 heteroatoms. The quantitative estimate of drug-likeness (QED) is 0.470. The Kier molecular flexibility index (Phi) is 16.0. The molecule has 0 atom stereocenters. The number of anilines is 1. The van der Waals surface area contributed by atoms with Gasteiger partial charge in [-0.1, -0.05) is 66.0 Å². The maximum absolute atomic E-state index is 5.20. The van der Waals surface area contributed by atoms with Gasteiger partial charge in [0, 0.05) is 6.54 Å². The fourth-order valence-corrected chi connectivity index (χ4v) is 2.56. The zero-order valence-corrected chi connectivity index (χ0v) is 16.6. The summed E-state index contributed by atoms with van der Waals surface area (Å²) >= 11 is 10.3. The van der Waals surface area contributed by atoms with Crippen LogP contribution >= 0.6 is 24.4 Å². The molecule has 1 N–H and O–H groups in total. The molecule has 124 valence electrons. The summed E-state index contributed by atoms with van der Waals surface area (Å²) in [6, 6.07) is 0. The molecule has 1 rings (SSSR count). The average molecular weight is 331 g/mol. The Morgan fingerprint density at radius 3 is 1.95 bits per heavy atom. The van der Waals surface area contributed by atoms with Crippen LogP contribution in [-0.4, -0.2) is 31.1 Å². The van der Waals surface area contributed by atoms with Crippen molar-refractivity contribution in [1.29, 1.82) is 0 Å². The van der Waals surface area contributed by atoms with Gasteiger partial charge in [0.05, 0.1) is 14.7 Å². The van der Waals surface area contributed by atoms with Crippen LogP contribution in [-0.2, 0) is 0 Å². The van der Waals surface area contributed by atoms with E-state index in [9.17, 15) is 0 Å². The van der Waals surface area contributed by atoms with Crippen LogP contribution in [0.1, 0.15) is 59.9 Å². The number of hydrogen-bond donors (Lipinski definition) is 1. The summed E-state index contributed by atoms with van der Waals surface area (Å²) in [6.45, 7) is 18.9. The van der Waals surface area contributed by atoms with Gasteiger partial charge in [0.15, 0.2) is 0 Å². The van der Waals surface area contributed by atoms with Crippen molar-refractivity contribution < 1.29 is 0 Å². The van der Waals surface area contributed by atoms with Gasteiger partial charge in [0.25, 0.3) is 0 Å². The van der Waals surface area contributed by atoms with E-state index in [0.29, 0.717) is 0 Å². The van der Waals surface area contributed by atoms with Crippen LogP contribution in [0.5, 0.6) is 0 Å². The first-order valence-electron chi connectivity index (χ1n) is 8.37. The Balaban J connectivity index is 0. The molecular weight excluding hydrogens is 296 g/mol. The van der Waals surface area contributed by atoms with Crippen molar-refractivity contribution in [3.8, 4) is 0 Å². The molecule has 0 saturated carbocycles. The maximum atomic E-state index is 5.20. The van der Waals surface area contributed by atoms with Gasteiger partial charge in [-0.15, -0.1) is 0 Å². The molecule has 0 bridgehead atoms. The third-order valence-electron chi connectivity index (χ3n) is 3.09. The molecule has 0 aliphatic carbocycles. The van der Waals surface area contributed by atoms with E-state index in [2.05, 4.69) is 24.1 Å². The Bertz CT molecular complexity index is 420. The average Bonchev–Trinajstić information content (AvgIpc) is 2.56. The lowest BCUT2D eigenvalue weighted by atomic mass is 10.1. The monoisotopic (exact) mass is 330 g/mol. The number of hydrogen-bond acceptors (Lipinski definition) is 4. The molecule has 0 aliphatic rings. The van der Waals surface area contributed by atoms with Crippen molar-refractivity contribution in [3.05, 3.63) is 14.6 Å². The van der Waals surface area contributed by atoms with Crippen molar-refractivity contribution in [2.45, 2.75) is 61.3 Å². The van der Waals surface area contributed by atoms with Crippen molar-refractivity contribution in [2.75, 3.05) is 31.5 Å². The number of nitrogens with zero attached hydrogens (tertiary/aromatic N) is 1. The minimum atomic E-state index is 0.846. The Morgan fingerprint density at radius 1 is 0.952 bits per heavy atom. The van der Waals surface area contributed by atoms with Crippen LogP contribution < -0.4 is 5.32 Å². The van der Waals surface area contributed by atoms with E-state index in [1.165, 1.54) is 13.0 Å². The number of nitrogens with one attached hydrogen (secondary N) is 1. The molecular formula is C17H34N2S2. The first-order chi connectivity index (χ1) is 10.1. The highest BCUT2D eigenvalue weighted by molar-refractivity contribution is 7.74. The van der Waals surface area contributed by atoms with Crippen LogP contribution in [0.2, 0.25) is 0 Å². The standard InChI is InChI=1S/C13H22N2S2.2C2H6/c1-4-8-15(5-2)9-6-7-14-11-10(3)12(16)13(11)17;2*1-2/h14H,4-9H2,1-3H3;2*1-2H3. The molecule has 0 aliphatic heterocycles. The maximum Gasteiger partial charge on any atom is 0.0795 e. The summed E-state index contributed by atoms with van der Waals surface area (Å²) in [4.78, 5) is 2.48. The van der Waals surface area contributed by atoms with Crippen LogP contribution in [0, 0.1) is 15.9 Å². The predicted octanol–water partition coefficient (Wildman–Crippen LogP) is 5.92. The Labute approximate surface area is 142 Å². The molecule has 0 saturated heterocycles. The lowest BCUT2D eigenvalue weighted by Crippen LogP contribution is -2.26. The Hall–Kier alpha value is -0.320. The Morgan fingerprint density at radius 2 is 1.52 bits per heavy atom. The fourth-order valence-electron chi connectivity index (χ4n) is 1.98. The van der Waals surface area contributed by atoms with E-state index >= 15 is 0 Å². The van der Waals surface area contributed by atoms with E-state index in [-0.39, 0.29) is 0 Å². The second kappa shape index (κ2) is 14.6. The minimum absolute atomic E-state index is 0.846. The predicted molar refractivity (Wildman–Crippen MR) is 103 cm³/mol. The highest BCUT2D eigenvalue weighted by Crippen LogP contribution is 2.24. The van der Waals surface area contributed by atoms with Gasteiger partial charge in [-0.2, -0.15) is 0 Å². The second-order valence-electron chi connectivity index (χ2n) is 4.37. The van der Waals surface area contributed by atoms with Crippen LogP contribution in [0.3, 0.4) is 0 Å². The van der Waals surface area contributed by atoms with Gasteiger partial charge in [-0.05, 0) is 45.0 Å².